The molecule has 8 heteroatoms. The summed E-state index contributed by atoms with van der Waals surface area (Å²) in [5.41, 5.74) is 1.65. The van der Waals surface area contributed by atoms with Gasteiger partial charge in [-0.2, -0.15) is 4.98 Å². The molecule has 0 bridgehead atoms. The number of hydrogen-bond acceptors (Lipinski definition) is 7. The van der Waals surface area contributed by atoms with Crippen LogP contribution >= 0.6 is 0 Å². The van der Waals surface area contributed by atoms with E-state index >= 15 is 0 Å². The zero-order chi connectivity index (χ0) is 18.7. The summed E-state index contributed by atoms with van der Waals surface area (Å²) >= 11 is 0. The van der Waals surface area contributed by atoms with Crippen LogP contribution in [0.25, 0.3) is 0 Å². The Kier molecular flexibility index (Phi) is 5.31. The molecule has 1 aliphatic heterocycles. The highest BCUT2D eigenvalue weighted by Crippen LogP contribution is 2.21. The minimum Gasteiger partial charge on any atom is -0.491 e. The summed E-state index contributed by atoms with van der Waals surface area (Å²) in [7, 11) is -2.93. The lowest BCUT2D eigenvalue weighted by Crippen LogP contribution is -2.21. The topological polar surface area (TPSA) is 93.2 Å². The second-order valence-electron chi connectivity index (χ2n) is 6.78. The fourth-order valence-electron chi connectivity index (χ4n) is 2.83. The number of benzene rings is 1. The molecule has 1 aliphatic rings. The Balaban J connectivity index is 1.69. The largest absolute Gasteiger partial charge is 0.491 e. The molecule has 1 fully saturated rings. The Bertz CT molecular complexity index is 867. The second-order valence-corrected chi connectivity index (χ2v) is 9.01. The normalized spacial score (nSPS) is 18.7. The highest BCUT2D eigenvalue weighted by molar-refractivity contribution is 7.91. The monoisotopic (exact) mass is 376 g/mol. The van der Waals surface area contributed by atoms with Crippen LogP contribution in [-0.2, 0) is 9.84 Å². The van der Waals surface area contributed by atoms with Gasteiger partial charge in [0.1, 0.15) is 11.6 Å². The third-order valence-electron chi connectivity index (χ3n) is 3.92. The number of nitrogens with zero attached hydrogens (tertiary/aromatic N) is 2. The van der Waals surface area contributed by atoms with E-state index < -0.39 is 9.84 Å². The number of aromatic nitrogens is 2. The maximum atomic E-state index is 11.6. The maximum absolute atomic E-state index is 11.6. The van der Waals surface area contributed by atoms with Crippen molar-refractivity contribution >= 4 is 27.3 Å². The van der Waals surface area contributed by atoms with Gasteiger partial charge in [-0.05, 0) is 51.5 Å². The molecule has 0 radical (unpaired) electrons. The minimum atomic E-state index is -2.93. The van der Waals surface area contributed by atoms with E-state index in [1.807, 2.05) is 51.1 Å². The predicted molar refractivity (Wildman–Crippen MR) is 103 cm³/mol. The van der Waals surface area contributed by atoms with Crippen molar-refractivity contribution in [2.75, 3.05) is 22.1 Å². The van der Waals surface area contributed by atoms with Crippen molar-refractivity contribution in [3.05, 3.63) is 36.0 Å². The molecule has 1 saturated heterocycles. The van der Waals surface area contributed by atoms with Gasteiger partial charge in [0.05, 0.1) is 17.6 Å². The molecule has 2 heterocycles. The van der Waals surface area contributed by atoms with Crippen LogP contribution in [-0.4, -0.2) is 42.0 Å². The lowest BCUT2D eigenvalue weighted by atomic mass is 10.2. The van der Waals surface area contributed by atoms with E-state index in [-0.39, 0.29) is 23.7 Å². The Labute approximate surface area is 154 Å². The fourth-order valence-corrected chi connectivity index (χ4v) is 4.51. The van der Waals surface area contributed by atoms with E-state index in [2.05, 4.69) is 20.6 Å². The van der Waals surface area contributed by atoms with Crippen molar-refractivity contribution in [1.29, 1.82) is 0 Å². The molecule has 0 amide bonds. The number of rotatable bonds is 6. The number of ether oxygens (including phenoxy) is 1. The number of hydrogen-bond donors (Lipinski definition) is 2. The molecule has 1 aromatic carbocycles. The predicted octanol–water partition coefficient (Wildman–Crippen LogP) is 2.91. The number of aryl methyl sites for hydroxylation is 1. The molecule has 3 rings (SSSR count). The van der Waals surface area contributed by atoms with Gasteiger partial charge in [0.25, 0.3) is 0 Å². The molecular formula is C18H24N4O3S. The SMILES string of the molecule is Cc1cc(NC2CCS(=O)(=O)C2)nc(Nc2ccc(OC(C)C)cc2)n1. The highest BCUT2D eigenvalue weighted by atomic mass is 32.2. The molecule has 1 unspecified atom stereocenters. The Morgan fingerprint density at radius 2 is 1.92 bits per heavy atom. The number of sulfone groups is 1. The zero-order valence-electron chi connectivity index (χ0n) is 15.2. The van der Waals surface area contributed by atoms with Crippen LogP contribution in [0.1, 0.15) is 26.0 Å². The van der Waals surface area contributed by atoms with Crippen molar-refractivity contribution in [3.63, 3.8) is 0 Å². The van der Waals surface area contributed by atoms with Crippen molar-refractivity contribution in [2.24, 2.45) is 0 Å². The average molecular weight is 376 g/mol. The summed E-state index contributed by atoms with van der Waals surface area (Å²) in [4.78, 5) is 8.84. The van der Waals surface area contributed by atoms with Gasteiger partial charge in [0.2, 0.25) is 5.95 Å². The van der Waals surface area contributed by atoms with Crippen LogP contribution in [0.4, 0.5) is 17.5 Å². The Hall–Kier alpha value is -2.35. The van der Waals surface area contributed by atoms with Gasteiger partial charge in [-0.3, -0.25) is 0 Å². The van der Waals surface area contributed by atoms with E-state index in [1.165, 1.54) is 0 Å². The Morgan fingerprint density at radius 3 is 2.54 bits per heavy atom. The molecule has 140 valence electrons. The summed E-state index contributed by atoms with van der Waals surface area (Å²) in [6, 6.07) is 9.30. The molecule has 26 heavy (non-hydrogen) atoms. The third kappa shape index (κ3) is 5.08. The Morgan fingerprint density at radius 1 is 1.19 bits per heavy atom. The van der Waals surface area contributed by atoms with Gasteiger partial charge in [-0.25, -0.2) is 13.4 Å². The van der Waals surface area contributed by atoms with Gasteiger partial charge >= 0.3 is 0 Å². The highest BCUT2D eigenvalue weighted by Gasteiger charge is 2.28. The maximum Gasteiger partial charge on any atom is 0.229 e. The molecular weight excluding hydrogens is 352 g/mol. The van der Waals surface area contributed by atoms with Crippen molar-refractivity contribution in [2.45, 2.75) is 39.3 Å². The van der Waals surface area contributed by atoms with Gasteiger partial charge in [-0.1, -0.05) is 0 Å². The van der Waals surface area contributed by atoms with Gasteiger partial charge in [-0.15, -0.1) is 0 Å². The van der Waals surface area contributed by atoms with Crippen molar-refractivity contribution < 1.29 is 13.2 Å². The van der Waals surface area contributed by atoms with Crippen molar-refractivity contribution in [3.8, 4) is 5.75 Å². The first-order chi connectivity index (χ1) is 12.3. The third-order valence-corrected chi connectivity index (χ3v) is 5.69. The molecule has 2 N–H and O–H groups in total. The summed E-state index contributed by atoms with van der Waals surface area (Å²) in [5.74, 6) is 2.27. The fraction of sp³-hybridized carbons (Fsp3) is 0.444. The van der Waals surface area contributed by atoms with E-state index in [1.54, 1.807) is 0 Å². The van der Waals surface area contributed by atoms with E-state index in [0.717, 1.165) is 17.1 Å². The zero-order valence-corrected chi connectivity index (χ0v) is 16.0. The van der Waals surface area contributed by atoms with E-state index in [0.29, 0.717) is 18.2 Å². The first kappa shape index (κ1) is 18.4. The van der Waals surface area contributed by atoms with E-state index in [4.69, 9.17) is 4.74 Å². The molecule has 1 aromatic heterocycles. The summed E-state index contributed by atoms with van der Waals surface area (Å²) in [6.07, 6.45) is 0.729. The van der Waals surface area contributed by atoms with Crippen LogP contribution in [0.2, 0.25) is 0 Å². The van der Waals surface area contributed by atoms with Crippen molar-refractivity contribution in [1.82, 2.24) is 9.97 Å². The smallest absolute Gasteiger partial charge is 0.229 e. The van der Waals surface area contributed by atoms with Crippen LogP contribution in [0.3, 0.4) is 0 Å². The second kappa shape index (κ2) is 7.49. The average Bonchev–Trinajstić information content (AvgIpc) is 2.87. The quantitative estimate of drug-likeness (QED) is 0.800. The molecule has 0 aliphatic carbocycles. The summed E-state index contributed by atoms with van der Waals surface area (Å²) in [5, 5.41) is 6.37. The molecule has 0 saturated carbocycles. The summed E-state index contributed by atoms with van der Waals surface area (Å²) in [6.45, 7) is 5.84. The van der Waals surface area contributed by atoms with Crippen LogP contribution < -0.4 is 15.4 Å². The van der Waals surface area contributed by atoms with Gasteiger partial charge < -0.3 is 15.4 Å². The lowest BCUT2D eigenvalue weighted by molar-refractivity contribution is 0.242. The van der Waals surface area contributed by atoms with Gasteiger partial charge in [0, 0.05) is 23.5 Å². The summed E-state index contributed by atoms with van der Waals surface area (Å²) < 4.78 is 28.8. The molecule has 7 nitrogen and oxygen atoms in total. The minimum absolute atomic E-state index is 0.102. The molecule has 1 atom stereocenters. The number of nitrogens with one attached hydrogen (secondary N) is 2. The molecule has 2 aromatic rings. The first-order valence-electron chi connectivity index (χ1n) is 8.65. The van der Waals surface area contributed by atoms with Crippen LogP contribution in [0.15, 0.2) is 30.3 Å². The first-order valence-corrected chi connectivity index (χ1v) is 10.5. The van der Waals surface area contributed by atoms with Gasteiger partial charge in [0.15, 0.2) is 9.84 Å². The molecule has 0 spiro atoms. The van der Waals surface area contributed by atoms with Crippen LogP contribution in [0, 0.1) is 6.92 Å². The standard InChI is InChI=1S/C18H24N4O3S/c1-12(2)25-16-6-4-14(5-7-16)21-18-19-13(3)10-17(22-18)20-15-8-9-26(23,24)11-15/h4-7,10,12,15H,8-9,11H2,1-3H3,(H2,19,20,21,22). The van der Waals surface area contributed by atoms with E-state index in [9.17, 15) is 8.42 Å². The van der Waals surface area contributed by atoms with Crippen LogP contribution in [0.5, 0.6) is 5.75 Å². The number of anilines is 3. The lowest BCUT2D eigenvalue weighted by Gasteiger charge is -2.14.